The Labute approximate surface area is 151 Å². The van der Waals surface area contributed by atoms with Gasteiger partial charge in [0, 0.05) is 40.3 Å². The first-order chi connectivity index (χ1) is 11.8. The summed E-state index contributed by atoms with van der Waals surface area (Å²) in [5.74, 6) is 1.54. The first-order valence-corrected chi connectivity index (χ1v) is 10.2. The first-order valence-electron chi connectivity index (χ1n) is 8.79. The summed E-state index contributed by atoms with van der Waals surface area (Å²) in [6, 6.07) is 2.00. The molecule has 0 saturated carbocycles. The molecule has 0 aromatic carbocycles. The maximum absolute atomic E-state index is 12.6. The second-order valence-corrected chi connectivity index (χ2v) is 8.50. The standard InChI is InChI=1S/C16H30N6O2S/c1-6-22(7-2)25(23,24)21(5)12-13-11-15(20(3)4)19-16(18-13)14-9-8-10-17-14/h11,14,17H,6-10,12H2,1-5H3/t14-/m0/s1. The Balaban J connectivity index is 2.28. The second-order valence-electron chi connectivity index (χ2n) is 6.47. The van der Waals surface area contributed by atoms with Crippen LogP contribution in [0.25, 0.3) is 0 Å². The van der Waals surface area contributed by atoms with Crippen LogP contribution in [-0.4, -0.2) is 67.8 Å². The lowest BCUT2D eigenvalue weighted by molar-refractivity contribution is 0.372. The van der Waals surface area contributed by atoms with E-state index >= 15 is 0 Å². The Hall–Kier alpha value is -1.29. The van der Waals surface area contributed by atoms with Crippen molar-refractivity contribution in [3.05, 3.63) is 17.6 Å². The van der Waals surface area contributed by atoms with Crippen molar-refractivity contribution >= 4 is 16.0 Å². The van der Waals surface area contributed by atoms with Gasteiger partial charge < -0.3 is 10.2 Å². The molecule has 0 amide bonds. The highest BCUT2D eigenvalue weighted by atomic mass is 32.2. The molecule has 1 atom stereocenters. The van der Waals surface area contributed by atoms with Gasteiger partial charge in [0.1, 0.15) is 11.6 Å². The van der Waals surface area contributed by atoms with Crippen LogP contribution in [0.1, 0.15) is 44.2 Å². The summed E-state index contributed by atoms with van der Waals surface area (Å²) in [5.41, 5.74) is 0.709. The van der Waals surface area contributed by atoms with Crippen LogP contribution < -0.4 is 10.2 Å². The topological polar surface area (TPSA) is 81.7 Å². The van der Waals surface area contributed by atoms with Crippen molar-refractivity contribution in [1.29, 1.82) is 0 Å². The number of anilines is 1. The lowest BCUT2D eigenvalue weighted by Crippen LogP contribution is -2.41. The molecule has 2 rings (SSSR count). The molecule has 1 N–H and O–H groups in total. The minimum Gasteiger partial charge on any atom is -0.363 e. The van der Waals surface area contributed by atoms with Crippen molar-refractivity contribution in [2.75, 3.05) is 45.7 Å². The minimum atomic E-state index is -3.49. The summed E-state index contributed by atoms with van der Waals surface area (Å²) < 4.78 is 28.1. The van der Waals surface area contributed by atoms with Crippen LogP contribution in [0.15, 0.2) is 6.07 Å². The fourth-order valence-electron chi connectivity index (χ4n) is 2.93. The van der Waals surface area contributed by atoms with Gasteiger partial charge in [-0.25, -0.2) is 9.97 Å². The first kappa shape index (κ1) is 20.0. The lowest BCUT2D eigenvalue weighted by atomic mass is 10.2. The van der Waals surface area contributed by atoms with Gasteiger partial charge in [-0.05, 0) is 19.4 Å². The molecular weight excluding hydrogens is 340 g/mol. The van der Waals surface area contributed by atoms with Gasteiger partial charge in [-0.15, -0.1) is 0 Å². The summed E-state index contributed by atoms with van der Waals surface area (Å²) >= 11 is 0. The van der Waals surface area contributed by atoms with Crippen molar-refractivity contribution in [3.8, 4) is 0 Å². The van der Waals surface area contributed by atoms with E-state index in [0.29, 0.717) is 18.8 Å². The summed E-state index contributed by atoms with van der Waals surface area (Å²) in [5, 5.41) is 3.40. The number of aromatic nitrogens is 2. The van der Waals surface area contributed by atoms with Crippen molar-refractivity contribution in [3.63, 3.8) is 0 Å². The van der Waals surface area contributed by atoms with Gasteiger partial charge in [0.05, 0.1) is 18.3 Å². The molecule has 9 heteroatoms. The molecule has 2 heterocycles. The Kier molecular flexibility index (Phi) is 6.72. The van der Waals surface area contributed by atoms with E-state index in [-0.39, 0.29) is 12.6 Å². The van der Waals surface area contributed by atoms with Crippen LogP contribution in [0.2, 0.25) is 0 Å². The van der Waals surface area contributed by atoms with Gasteiger partial charge in [0.15, 0.2) is 0 Å². The predicted molar refractivity (Wildman–Crippen MR) is 99.6 cm³/mol. The normalized spacial score (nSPS) is 18.3. The molecular formula is C16H30N6O2S. The number of nitrogens with zero attached hydrogens (tertiary/aromatic N) is 5. The van der Waals surface area contributed by atoms with Gasteiger partial charge in [-0.3, -0.25) is 0 Å². The SMILES string of the molecule is CCN(CC)S(=O)(=O)N(C)Cc1cc(N(C)C)nc([C@@H]2CCCN2)n1. The van der Waals surface area contributed by atoms with Crippen molar-refractivity contribution in [2.45, 2.75) is 39.3 Å². The Bertz CT molecular complexity index is 669. The van der Waals surface area contributed by atoms with Gasteiger partial charge in [0.25, 0.3) is 10.2 Å². The third-order valence-electron chi connectivity index (χ3n) is 4.42. The van der Waals surface area contributed by atoms with Crippen LogP contribution in [0, 0.1) is 0 Å². The van der Waals surface area contributed by atoms with E-state index in [4.69, 9.17) is 0 Å². The van der Waals surface area contributed by atoms with Gasteiger partial charge in [0.2, 0.25) is 0 Å². The van der Waals surface area contributed by atoms with Gasteiger partial charge in [-0.2, -0.15) is 17.0 Å². The third-order valence-corrected chi connectivity index (χ3v) is 6.51. The van der Waals surface area contributed by atoms with E-state index in [1.807, 2.05) is 38.9 Å². The molecule has 1 saturated heterocycles. The summed E-state index contributed by atoms with van der Waals surface area (Å²) in [4.78, 5) is 11.2. The molecule has 1 aromatic rings. The maximum Gasteiger partial charge on any atom is 0.282 e. The average molecular weight is 371 g/mol. The van der Waals surface area contributed by atoms with Crippen LogP contribution >= 0.6 is 0 Å². The maximum atomic E-state index is 12.6. The molecule has 1 aliphatic heterocycles. The third kappa shape index (κ3) is 4.66. The Morgan fingerprint density at radius 3 is 2.40 bits per heavy atom. The lowest BCUT2D eigenvalue weighted by Gasteiger charge is -2.26. The van der Waals surface area contributed by atoms with Crippen LogP contribution in [-0.2, 0) is 16.8 Å². The summed E-state index contributed by atoms with van der Waals surface area (Å²) in [7, 11) is 1.96. The molecule has 8 nitrogen and oxygen atoms in total. The molecule has 0 radical (unpaired) electrons. The molecule has 0 bridgehead atoms. The average Bonchev–Trinajstić information content (AvgIpc) is 3.09. The molecule has 1 aromatic heterocycles. The molecule has 25 heavy (non-hydrogen) atoms. The summed E-state index contributed by atoms with van der Waals surface area (Å²) in [6.45, 7) is 5.77. The quantitative estimate of drug-likeness (QED) is 0.735. The molecule has 0 aliphatic carbocycles. The van der Waals surface area contributed by atoms with Crippen LogP contribution in [0.4, 0.5) is 5.82 Å². The fraction of sp³-hybridized carbons (Fsp3) is 0.750. The number of hydrogen-bond acceptors (Lipinski definition) is 6. The zero-order valence-electron chi connectivity index (χ0n) is 15.9. The van der Waals surface area contributed by atoms with Gasteiger partial charge in [-0.1, -0.05) is 13.8 Å². The number of hydrogen-bond donors (Lipinski definition) is 1. The summed E-state index contributed by atoms with van der Waals surface area (Å²) in [6.07, 6.45) is 2.11. The fourth-order valence-corrected chi connectivity index (χ4v) is 4.27. The van der Waals surface area contributed by atoms with Crippen molar-refractivity contribution in [1.82, 2.24) is 23.9 Å². The highest BCUT2D eigenvalue weighted by molar-refractivity contribution is 7.86. The minimum absolute atomic E-state index is 0.142. The van der Waals surface area contributed by atoms with E-state index in [9.17, 15) is 8.42 Å². The zero-order chi connectivity index (χ0) is 18.6. The Morgan fingerprint density at radius 1 is 1.20 bits per heavy atom. The monoisotopic (exact) mass is 370 g/mol. The largest absolute Gasteiger partial charge is 0.363 e. The molecule has 0 spiro atoms. The van der Waals surface area contributed by atoms with Crippen molar-refractivity contribution in [2.24, 2.45) is 0 Å². The Morgan fingerprint density at radius 2 is 1.88 bits per heavy atom. The molecule has 1 fully saturated rings. The van der Waals surface area contributed by atoms with E-state index in [1.54, 1.807) is 7.05 Å². The number of rotatable bonds is 8. The highest BCUT2D eigenvalue weighted by Crippen LogP contribution is 2.23. The predicted octanol–water partition coefficient (Wildman–Crippen LogP) is 0.986. The zero-order valence-corrected chi connectivity index (χ0v) is 16.7. The second kappa shape index (κ2) is 8.39. The molecule has 1 aliphatic rings. The van der Waals surface area contributed by atoms with E-state index in [1.165, 1.54) is 8.61 Å². The molecule has 0 unspecified atom stereocenters. The van der Waals surface area contributed by atoms with E-state index in [0.717, 1.165) is 31.0 Å². The van der Waals surface area contributed by atoms with E-state index in [2.05, 4.69) is 15.3 Å². The van der Waals surface area contributed by atoms with Crippen molar-refractivity contribution < 1.29 is 8.42 Å². The van der Waals surface area contributed by atoms with E-state index < -0.39 is 10.2 Å². The molecule has 142 valence electrons. The smallest absolute Gasteiger partial charge is 0.282 e. The van der Waals surface area contributed by atoms with Crippen LogP contribution in [0.5, 0.6) is 0 Å². The van der Waals surface area contributed by atoms with Crippen LogP contribution in [0.3, 0.4) is 0 Å². The number of nitrogens with one attached hydrogen (secondary N) is 1. The highest BCUT2D eigenvalue weighted by Gasteiger charge is 2.26. The van der Waals surface area contributed by atoms with Gasteiger partial charge >= 0.3 is 0 Å².